The van der Waals surface area contributed by atoms with Crippen LogP contribution in [0.4, 0.5) is 5.00 Å². The van der Waals surface area contributed by atoms with Gasteiger partial charge in [0.15, 0.2) is 0 Å². The van der Waals surface area contributed by atoms with Gasteiger partial charge in [-0.15, -0.1) is 0 Å². The summed E-state index contributed by atoms with van der Waals surface area (Å²) < 4.78 is 5.43. The molecular weight excluding hydrogens is 226 g/mol. The third-order valence-electron chi connectivity index (χ3n) is 1.99. The number of benzene rings is 1. The molecule has 2 rings (SSSR count). The maximum atomic E-state index is 10.4. The van der Waals surface area contributed by atoms with E-state index in [4.69, 9.17) is 4.74 Å². The maximum Gasteiger partial charge on any atom is 0.327 e. The molecule has 2 aromatic rings. The second-order valence-corrected chi connectivity index (χ2v) is 4.04. The Morgan fingerprint density at radius 2 is 2.06 bits per heavy atom. The van der Waals surface area contributed by atoms with Crippen molar-refractivity contribution in [3.8, 4) is 5.75 Å². The van der Waals surface area contributed by atoms with Crippen LogP contribution in [0.5, 0.6) is 5.75 Å². The largest absolute Gasteiger partial charge is 0.488 e. The fourth-order valence-corrected chi connectivity index (χ4v) is 1.86. The van der Waals surface area contributed by atoms with Crippen molar-refractivity contribution in [2.75, 3.05) is 0 Å². The molecule has 0 atom stereocenters. The van der Waals surface area contributed by atoms with Crippen molar-refractivity contribution < 1.29 is 9.66 Å². The Kier molecular flexibility index (Phi) is 3.16. The topological polar surface area (TPSA) is 52.4 Å². The Labute approximate surface area is 96.3 Å². The molecule has 0 amide bonds. The highest BCUT2D eigenvalue weighted by atomic mass is 32.1. The number of nitro groups is 1. The lowest BCUT2D eigenvalue weighted by molar-refractivity contribution is -0.380. The smallest absolute Gasteiger partial charge is 0.327 e. The molecule has 0 aliphatic rings. The number of nitrogens with zero attached hydrogens (tertiary/aromatic N) is 1. The lowest BCUT2D eigenvalue weighted by atomic mass is 10.2. The normalized spacial score (nSPS) is 10.0. The summed E-state index contributed by atoms with van der Waals surface area (Å²) in [5.74, 6) is 0.542. The van der Waals surface area contributed by atoms with E-state index in [-0.39, 0.29) is 5.00 Å². The molecule has 0 spiro atoms. The van der Waals surface area contributed by atoms with E-state index >= 15 is 0 Å². The van der Waals surface area contributed by atoms with Crippen molar-refractivity contribution in [2.24, 2.45) is 0 Å². The van der Waals surface area contributed by atoms with Gasteiger partial charge in [-0.1, -0.05) is 41.7 Å². The SMILES string of the molecule is O=[N+]([O-])c1cc(OCc2ccccc2)cs1. The highest BCUT2D eigenvalue weighted by Gasteiger charge is 2.10. The van der Waals surface area contributed by atoms with E-state index < -0.39 is 4.92 Å². The number of rotatable bonds is 4. The van der Waals surface area contributed by atoms with Gasteiger partial charge in [-0.25, -0.2) is 0 Å². The van der Waals surface area contributed by atoms with Gasteiger partial charge in [0.2, 0.25) is 0 Å². The Morgan fingerprint density at radius 1 is 1.31 bits per heavy atom. The molecule has 0 aliphatic carbocycles. The highest BCUT2D eigenvalue weighted by molar-refractivity contribution is 7.13. The van der Waals surface area contributed by atoms with Gasteiger partial charge in [-0.05, 0) is 5.56 Å². The van der Waals surface area contributed by atoms with Gasteiger partial charge >= 0.3 is 5.00 Å². The Morgan fingerprint density at radius 3 is 2.69 bits per heavy atom. The molecule has 0 N–H and O–H groups in total. The summed E-state index contributed by atoms with van der Waals surface area (Å²) in [6, 6.07) is 11.1. The van der Waals surface area contributed by atoms with Crippen molar-refractivity contribution in [1.29, 1.82) is 0 Å². The molecule has 16 heavy (non-hydrogen) atoms. The quantitative estimate of drug-likeness (QED) is 0.603. The summed E-state index contributed by atoms with van der Waals surface area (Å²) in [5.41, 5.74) is 1.04. The van der Waals surface area contributed by atoms with Gasteiger partial charge in [0.25, 0.3) is 0 Å². The molecule has 1 aromatic carbocycles. The van der Waals surface area contributed by atoms with Crippen molar-refractivity contribution in [3.63, 3.8) is 0 Å². The maximum absolute atomic E-state index is 10.4. The van der Waals surface area contributed by atoms with Gasteiger partial charge < -0.3 is 4.74 Å². The van der Waals surface area contributed by atoms with E-state index in [1.165, 1.54) is 6.07 Å². The first-order valence-electron chi connectivity index (χ1n) is 4.65. The summed E-state index contributed by atoms with van der Waals surface area (Å²) in [4.78, 5) is 10.0. The fourth-order valence-electron chi connectivity index (χ4n) is 1.22. The summed E-state index contributed by atoms with van der Waals surface area (Å²) >= 11 is 1.07. The van der Waals surface area contributed by atoms with Gasteiger partial charge in [0, 0.05) is 5.38 Å². The molecule has 82 valence electrons. The Balaban J connectivity index is 1.97. The van der Waals surface area contributed by atoms with Crippen molar-refractivity contribution in [3.05, 3.63) is 57.5 Å². The average Bonchev–Trinajstić information content (AvgIpc) is 2.76. The zero-order valence-electron chi connectivity index (χ0n) is 8.33. The molecular formula is C11H9NO3S. The number of hydrogen-bond acceptors (Lipinski definition) is 4. The van der Waals surface area contributed by atoms with Crippen LogP contribution in [-0.4, -0.2) is 4.92 Å². The number of hydrogen-bond donors (Lipinski definition) is 0. The summed E-state index contributed by atoms with van der Waals surface area (Å²) in [6.45, 7) is 0.425. The second kappa shape index (κ2) is 4.76. The molecule has 4 nitrogen and oxygen atoms in total. The molecule has 1 heterocycles. The van der Waals surface area contributed by atoms with Crippen LogP contribution in [0.15, 0.2) is 41.8 Å². The molecule has 1 aromatic heterocycles. The van der Waals surface area contributed by atoms with Crippen LogP contribution in [0, 0.1) is 10.1 Å². The van der Waals surface area contributed by atoms with Crippen molar-refractivity contribution in [1.82, 2.24) is 0 Å². The molecule has 0 fully saturated rings. The van der Waals surface area contributed by atoms with E-state index in [9.17, 15) is 10.1 Å². The average molecular weight is 235 g/mol. The van der Waals surface area contributed by atoms with Gasteiger partial charge in [0.1, 0.15) is 12.4 Å². The Bertz CT molecular complexity index is 481. The minimum atomic E-state index is -0.417. The van der Waals surface area contributed by atoms with E-state index in [1.807, 2.05) is 30.3 Å². The van der Waals surface area contributed by atoms with Crippen LogP contribution >= 0.6 is 11.3 Å². The molecule has 5 heteroatoms. The zero-order valence-corrected chi connectivity index (χ0v) is 9.15. The lowest BCUT2D eigenvalue weighted by Crippen LogP contribution is -1.93. The van der Waals surface area contributed by atoms with Crippen LogP contribution in [0.25, 0.3) is 0 Å². The van der Waals surface area contributed by atoms with Gasteiger partial charge in [-0.2, -0.15) is 0 Å². The fraction of sp³-hybridized carbons (Fsp3) is 0.0909. The Hall–Kier alpha value is -1.88. The monoisotopic (exact) mass is 235 g/mol. The van der Waals surface area contributed by atoms with Crippen molar-refractivity contribution >= 4 is 16.3 Å². The standard InChI is InChI=1S/C11H9NO3S/c13-12(14)11-6-10(8-16-11)15-7-9-4-2-1-3-5-9/h1-6,8H,7H2. The lowest BCUT2D eigenvalue weighted by Gasteiger charge is -2.02. The molecule has 0 saturated heterocycles. The first kappa shape index (κ1) is 10.6. The zero-order chi connectivity index (χ0) is 11.4. The highest BCUT2D eigenvalue weighted by Crippen LogP contribution is 2.28. The number of ether oxygens (including phenoxy) is 1. The molecule has 0 saturated carbocycles. The molecule has 0 bridgehead atoms. The third-order valence-corrected chi connectivity index (χ3v) is 2.85. The van der Waals surface area contributed by atoms with Crippen molar-refractivity contribution in [2.45, 2.75) is 6.61 Å². The van der Waals surface area contributed by atoms with Gasteiger partial charge in [0.05, 0.1) is 11.0 Å². The molecule has 0 aliphatic heterocycles. The second-order valence-electron chi connectivity index (χ2n) is 3.15. The van der Waals surface area contributed by atoms with Gasteiger partial charge in [-0.3, -0.25) is 10.1 Å². The van der Waals surface area contributed by atoms with Crippen LogP contribution in [0.1, 0.15) is 5.56 Å². The predicted molar refractivity (Wildman–Crippen MR) is 61.7 cm³/mol. The molecule has 0 radical (unpaired) electrons. The van der Waals surface area contributed by atoms with Crippen LogP contribution in [0.2, 0.25) is 0 Å². The van der Waals surface area contributed by atoms with E-state index in [2.05, 4.69) is 0 Å². The third kappa shape index (κ3) is 2.58. The predicted octanol–water partition coefficient (Wildman–Crippen LogP) is 3.24. The summed E-state index contributed by atoms with van der Waals surface area (Å²) in [5, 5.41) is 12.2. The van der Waals surface area contributed by atoms with E-state index in [0.717, 1.165) is 16.9 Å². The minimum Gasteiger partial charge on any atom is -0.488 e. The first-order chi connectivity index (χ1) is 7.75. The molecule has 0 unspecified atom stereocenters. The van der Waals surface area contributed by atoms with Crippen LogP contribution in [-0.2, 0) is 6.61 Å². The number of thiophene rings is 1. The van der Waals surface area contributed by atoms with E-state index in [0.29, 0.717) is 12.4 Å². The van der Waals surface area contributed by atoms with E-state index in [1.54, 1.807) is 5.38 Å². The minimum absolute atomic E-state index is 0.100. The van der Waals surface area contributed by atoms with Crippen LogP contribution < -0.4 is 4.74 Å². The summed E-state index contributed by atoms with van der Waals surface area (Å²) in [6.07, 6.45) is 0. The first-order valence-corrected chi connectivity index (χ1v) is 5.53. The summed E-state index contributed by atoms with van der Waals surface area (Å²) in [7, 11) is 0. The van der Waals surface area contributed by atoms with Crippen LogP contribution in [0.3, 0.4) is 0 Å².